The summed E-state index contributed by atoms with van der Waals surface area (Å²) in [7, 11) is 0. The molecule has 0 amide bonds. The van der Waals surface area contributed by atoms with Gasteiger partial charge >= 0.3 is 0 Å². The maximum absolute atomic E-state index is 10.2. The summed E-state index contributed by atoms with van der Waals surface area (Å²) in [6.07, 6.45) is -0.496. The Hall–Kier alpha value is -0.970. The fraction of sp³-hybridized carbons (Fsp3) is 0.250. The predicted molar refractivity (Wildman–Crippen MR) is 87.4 cm³/mol. The quantitative estimate of drug-likeness (QED) is 0.765. The van der Waals surface area contributed by atoms with Gasteiger partial charge in [-0.15, -0.1) is 11.8 Å². The number of rotatable bonds is 6. The van der Waals surface area contributed by atoms with Crippen LogP contribution in [0.15, 0.2) is 57.9 Å². The Morgan fingerprint density at radius 2 is 1.95 bits per heavy atom. The molecule has 0 saturated heterocycles. The fourth-order valence-corrected chi connectivity index (χ4v) is 2.92. The van der Waals surface area contributed by atoms with Crippen molar-refractivity contribution >= 4 is 27.7 Å². The van der Waals surface area contributed by atoms with E-state index in [1.807, 2.05) is 55.5 Å². The van der Waals surface area contributed by atoms with E-state index in [1.165, 1.54) is 0 Å². The summed E-state index contributed by atoms with van der Waals surface area (Å²) in [5.74, 6) is 1.43. The lowest BCUT2D eigenvalue weighted by Gasteiger charge is -2.12. The minimum atomic E-state index is -0.496. The van der Waals surface area contributed by atoms with Crippen molar-refractivity contribution < 1.29 is 9.84 Å². The molecule has 0 aromatic heterocycles. The summed E-state index contributed by atoms with van der Waals surface area (Å²) in [5.41, 5.74) is 0.889. The second kappa shape index (κ2) is 7.72. The zero-order chi connectivity index (χ0) is 14.4. The molecule has 2 nitrogen and oxygen atoms in total. The molecule has 0 radical (unpaired) electrons. The maximum Gasteiger partial charge on any atom is 0.119 e. The van der Waals surface area contributed by atoms with Crippen molar-refractivity contribution in [3.05, 3.63) is 58.6 Å². The van der Waals surface area contributed by atoms with Crippen molar-refractivity contribution in [3.63, 3.8) is 0 Å². The van der Waals surface area contributed by atoms with E-state index in [0.29, 0.717) is 12.4 Å². The zero-order valence-corrected chi connectivity index (χ0v) is 13.7. The van der Waals surface area contributed by atoms with Crippen molar-refractivity contribution in [2.75, 3.05) is 12.4 Å². The molecule has 1 unspecified atom stereocenters. The first-order valence-corrected chi connectivity index (χ1v) is 8.26. The topological polar surface area (TPSA) is 29.5 Å². The predicted octanol–water partition coefficient (Wildman–Crippen LogP) is 4.67. The van der Waals surface area contributed by atoms with Crippen molar-refractivity contribution in [1.82, 2.24) is 0 Å². The smallest absolute Gasteiger partial charge is 0.119 e. The molecule has 106 valence electrons. The molecule has 0 bridgehead atoms. The third-order valence-electron chi connectivity index (χ3n) is 2.78. The number of hydrogen-bond acceptors (Lipinski definition) is 3. The van der Waals surface area contributed by atoms with Gasteiger partial charge in [-0.05, 0) is 48.9 Å². The van der Waals surface area contributed by atoms with Crippen LogP contribution in [0.2, 0.25) is 0 Å². The number of hydrogen-bond donors (Lipinski definition) is 1. The third-order valence-corrected chi connectivity index (χ3v) is 4.39. The molecule has 0 aliphatic rings. The molecule has 4 heteroatoms. The molecular weight excluding hydrogens is 336 g/mol. The normalized spacial score (nSPS) is 12.2. The van der Waals surface area contributed by atoms with Gasteiger partial charge in [0.15, 0.2) is 0 Å². The van der Waals surface area contributed by atoms with Gasteiger partial charge in [0.25, 0.3) is 0 Å². The van der Waals surface area contributed by atoms with Crippen molar-refractivity contribution in [2.45, 2.75) is 17.9 Å². The van der Waals surface area contributed by atoms with Crippen LogP contribution < -0.4 is 4.74 Å². The molecule has 2 aromatic rings. The van der Waals surface area contributed by atoms with Crippen LogP contribution in [0.3, 0.4) is 0 Å². The highest BCUT2D eigenvalue weighted by molar-refractivity contribution is 9.10. The first-order chi connectivity index (χ1) is 9.69. The lowest BCUT2D eigenvalue weighted by atomic mass is 10.1. The average molecular weight is 353 g/mol. The minimum Gasteiger partial charge on any atom is -0.494 e. The van der Waals surface area contributed by atoms with Crippen molar-refractivity contribution in [1.29, 1.82) is 0 Å². The van der Waals surface area contributed by atoms with Crippen LogP contribution in [0.4, 0.5) is 0 Å². The first kappa shape index (κ1) is 15.4. The maximum atomic E-state index is 10.2. The highest BCUT2D eigenvalue weighted by atomic mass is 79.9. The van der Waals surface area contributed by atoms with E-state index in [4.69, 9.17) is 4.74 Å². The van der Waals surface area contributed by atoms with Gasteiger partial charge < -0.3 is 9.84 Å². The van der Waals surface area contributed by atoms with Crippen molar-refractivity contribution in [3.8, 4) is 5.75 Å². The highest BCUT2D eigenvalue weighted by Crippen LogP contribution is 2.27. The average Bonchev–Trinajstić information content (AvgIpc) is 2.47. The monoisotopic (exact) mass is 352 g/mol. The van der Waals surface area contributed by atoms with Crippen molar-refractivity contribution in [2.24, 2.45) is 0 Å². The molecule has 0 fully saturated rings. The Morgan fingerprint density at radius 3 is 2.65 bits per heavy atom. The molecule has 2 rings (SSSR count). The molecule has 0 saturated carbocycles. The van der Waals surface area contributed by atoms with E-state index in [0.717, 1.165) is 20.7 Å². The molecule has 0 aliphatic carbocycles. The zero-order valence-electron chi connectivity index (χ0n) is 11.3. The number of halogens is 1. The van der Waals surface area contributed by atoms with E-state index < -0.39 is 6.10 Å². The molecule has 0 heterocycles. The van der Waals surface area contributed by atoms with Crippen LogP contribution in [0.5, 0.6) is 5.75 Å². The van der Waals surface area contributed by atoms with E-state index >= 15 is 0 Å². The molecule has 20 heavy (non-hydrogen) atoms. The lowest BCUT2D eigenvalue weighted by Crippen LogP contribution is -2.01. The Bertz CT molecular complexity index is 542. The standard InChI is InChI=1S/C16H17BrO2S/c1-2-19-14-5-3-4-12(10-14)16(18)11-20-15-8-6-13(17)7-9-15/h3-10,16,18H,2,11H2,1H3. The van der Waals surface area contributed by atoms with Crippen LogP contribution >= 0.6 is 27.7 Å². The Kier molecular flexibility index (Phi) is 5.95. The van der Waals surface area contributed by atoms with Gasteiger partial charge in [-0.1, -0.05) is 28.1 Å². The van der Waals surface area contributed by atoms with Crippen LogP contribution in [0.25, 0.3) is 0 Å². The van der Waals surface area contributed by atoms with Gasteiger partial charge in [-0.3, -0.25) is 0 Å². The second-order valence-corrected chi connectivity index (χ2v) is 6.30. The van der Waals surface area contributed by atoms with Crippen LogP contribution in [0, 0.1) is 0 Å². The first-order valence-electron chi connectivity index (χ1n) is 6.48. The molecular formula is C16H17BrO2S. The number of ether oxygens (including phenoxy) is 1. The van der Waals surface area contributed by atoms with E-state index in [2.05, 4.69) is 15.9 Å². The fourth-order valence-electron chi connectivity index (χ4n) is 1.78. The van der Waals surface area contributed by atoms with Crippen LogP contribution in [-0.4, -0.2) is 17.5 Å². The molecule has 0 spiro atoms. The molecule has 1 atom stereocenters. The van der Waals surface area contributed by atoms with Gasteiger partial charge in [0.2, 0.25) is 0 Å². The summed E-state index contributed by atoms with van der Waals surface area (Å²) in [5, 5.41) is 10.2. The van der Waals surface area contributed by atoms with Crippen LogP contribution in [-0.2, 0) is 0 Å². The van der Waals surface area contributed by atoms with Crippen LogP contribution in [0.1, 0.15) is 18.6 Å². The number of benzene rings is 2. The largest absolute Gasteiger partial charge is 0.494 e. The lowest BCUT2D eigenvalue weighted by molar-refractivity contribution is 0.203. The summed E-state index contributed by atoms with van der Waals surface area (Å²) >= 11 is 5.05. The number of thioether (sulfide) groups is 1. The number of aliphatic hydroxyl groups excluding tert-OH is 1. The van der Waals surface area contributed by atoms with E-state index in [-0.39, 0.29) is 0 Å². The van der Waals surface area contributed by atoms with Gasteiger partial charge in [0.05, 0.1) is 12.7 Å². The SMILES string of the molecule is CCOc1cccc(C(O)CSc2ccc(Br)cc2)c1. The summed E-state index contributed by atoms with van der Waals surface area (Å²) in [4.78, 5) is 1.15. The second-order valence-electron chi connectivity index (χ2n) is 4.29. The highest BCUT2D eigenvalue weighted by Gasteiger charge is 2.09. The van der Waals surface area contributed by atoms with Gasteiger partial charge in [-0.25, -0.2) is 0 Å². The molecule has 0 aliphatic heterocycles. The van der Waals surface area contributed by atoms with E-state index in [9.17, 15) is 5.11 Å². The third kappa shape index (κ3) is 4.54. The Balaban J connectivity index is 1.95. The summed E-state index contributed by atoms with van der Waals surface area (Å²) in [6.45, 7) is 2.58. The number of aliphatic hydroxyl groups is 1. The molecule has 1 N–H and O–H groups in total. The summed E-state index contributed by atoms with van der Waals surface area (Å²) in [6, 6.07) is 15.7. The minimum absolute atomic E-state index is 0.496. The Labute approximate surface area is 132 Å². The van der Waals surface area contributed by atoms with Gasteiger partial charge in [0, 0.05) is 15.1 Å². The Morgan fingerprint density at radius 1 is 1.20 bits per heavy atom. The van der Waals surface area contributed by atoms with Gasteiger partial charge in [0.1, 0.15) is 5.75 Å². The summed E-state index contributed by atoms with van der Waals surface area (Å²) < 4.78 is 6.51. The van der Waals surface area contributed by atoms with Gasteiger partial charge in [-0.2, -0.15) is 0 Å². The van der Waals surface area contributed by atoms with E-state index in [1.54, 1.807) is 11.8 Å². The molecule has 2 aromatic carbocycles.